The largest absolute Gasteiger partial charge is 0.444 e. The van der Waals surface area contributed by atoms with Gasteiger partial charge in [-0.05, 0) is 52.0 Å². The zero-order chi connectivity index (χ0) is 21.1. The van der Waals surface area contributed by atoms with E-state index in [1.165, 1.54) is 24.4 Å². The number of rotatable bonds is 3. The third kappa shape index (κ3) is 5.97. The maximum atomic E-state index is 12.8. The number of aryl methyl sites for hydroxylation is 1. The molecule has 150 valence electrons. The van der Waals surface area contributed by atoms with E-state index in [0.29, 0.717) is 5.69 Å². The average Bonchev–Trinajstić information content (AvgIpc) is 2.54. The molecule has 6 nitrogen and oxygen atoms in total. The number of carbonyl (C=O) groups is 2. The summed E-state index contributed by atoms with van der Waals surface area (Å²) in [4.78, 5) is 28.3. The molecule has 28 heavy (non-hydrogen) atoms. The average molecular weight is 395 g/mol. The van der Waals surface area contributed by atoms with Crippen LogP contribution >= 0.6 is 0 Å². The minimum absolute atomic E-state index is 0.0120. The molecule has 2 rings (SSSR count). The SMILES string of the molecule is Cc1ncc(C(=O)Nc2cccc(C(F)(F)F)c2)cc1NC(=O)OC(C)(C)C. The highest BCUT2D eigenvalue weighted by Gasteiger charge is 2.30. The normalized spacial score (nSPS) is 11.7. The topological polar surface area (TPSA) is 80.3 Å². The molecule has 2 N–H and O–H groups in total. The van der Waals surface area contributed by atoms with Crippen LogP contribution in [0.25, 0.3) is 0 Å². The number of hydrogen-bond donors (Lipinski definition) is 2. The highest BCUT2D eigenvalue weighted by molar-refractivity contribution is 6.05. The van der Waals surface area contributed by atoms with Gasteiger partial charge in [-0.3, -0.25) is 15.1 Å². The molecule has 2 aromatic rings. The van der Waals surface area contributed by atoms with Gasteiger partial charge in [-0.1, -0.05) is 6.07 Å². The van der Waals surface area contributed by atoms with Gasteiger partial charge in [-0.2, -0.15) is 13.2 Å². The molecule has 9 heteroatoms. The molecule has 1 aromatic carbocycles. The lowest BCUT2D eigenvalue weighted by atomic mass is 10.1. The van der Waals surface area contributed by atoms with E-state index in [0.717, 1.165) is 12.1 Å². The van der Waals surface area contributed by atoms with Crippen molar-refractivity contribution in [2.24, 2.45) is 0 Å². The van der Waals surface area contributed by atoms with Crippen molar-refractivity contribution in [1.82, 2.24) is 4.98 Å². The van der Waals surface area contributed by atoms with Crippen molar-refractivity contribution in [3.63, 3.8) is 0 Å². The summed E-state index contributed by atoms with van der Waals surface area (Å²) in [6.45, 7) is 6.74. The summed E-state index contributed by atoms with van der Waals surface area (Å²) in [6, 6.07) is 5.65. The maximum Gasteiger partial charge on any atom is 0.416 e. The molecule has 0 saturated carbocycles. The van der Waals surface area contributed by atoms with Gasteiger partial charge in [0.1, 0.15) is 5.60 Å². The number of carbonyl (C=O) groups excluding carboxylic acids is 2. The van der Waals surface area contributed by atoms with Gasteiger partial charge in [0.25, 0.3) is 5.91 Å². The minimum Gasteiger partial charge on any atom is -0.444 e. The molecular formula is C19H20F3N3O3. The fraction of sp³-hybridized carbons (Fsp3) is 0.316. The van der Waals surface area contributed by atoms with Gasteiger partial charge in [0.05, 0.1) is 22.5 Å². The highest BCUT2D eigenvalue weighted by Crippen LogP contribution is 2.30. The number of alkyl halides is 3. The summed E-state index contributed by atoms with van der Waals surface area (Å²) >= 11 is 0. The molecule has 0 spiro atoms. The van der Waals surface area contributed by atoms with Crippen molar-refractivity contribution in [1.29, 1.82) is 0 Å². The van der Waals surface area contributed by atoms with Crippen LogP contribution < -0.4 is 10.6 Å². The first-order valence-corrected chi connectivity index (χ1v) is 8.30. The number of benzene rings is 1. The Morgan fingerprint density at radius 2 is 1.75 bits per heavy atom. The first kappa shape index (κ1) is 21.2. The van der Waals surface area contributed by atoms with Crippen LogP contribution in [0.1, 0.15) is 42.4 Å². The number of nitrogens with one attached hydrogen (secondary N) is 2. The third-order valence-electron chi connectivity index (χ3n) is 3.43. The minimum atomic E-state index is -4.52. The number of halogens is 3. The first-order chi connectivity index (χ1) is 12.8. The summed E-state index contributed by atoms with van der Waals surface area (Å²) < 4.78 is 43.5. The van der Waals surface area contributed by atoms with Gasteiger partial charge >= 0.3 is 12.3 Å². The summed E-state index contributed by atoms with van der Waals surface area (Å²) in [7, 11) is 0. The van der Waals surface area contributed by atoms with Crippen molar-refractivity contribution in [3.8, 4) is 0 Å². The van der Waals surface area contributed by atoms with Crippen LogP contribution in [0.3, 0.4) is 0 Å². The summed E-state index contributed by atoms with van der Waals surface area (Å²) in [5.74, 6) is -0.668. The predicted molar refractivity (Wildman–Crippen MR) is 98.2 cm³/mol. The Bertz CT molecular complexity index is 890. The Balaban J connectivity index is 2.17. The summed E-state index contributed by atoms with van der Waals surface area (Å²) in [5.41, 5.74) is -0.827. The van der Waals surface area contributed by atoms with Crippen molar-refractivity contribution < 1.29 is 27.5 Å². The second kappa shape index (κ2) is 7.87. The van der Waals surface area contributed by atoms with Crippen molar-refractivity contribution >= 4 is 23.4 Å². The van der Waals surface area contributed by atoms with Crippen molar-refractivity contribution in [2.45, 2.75) is 39.5 Å². The van der Waals surface area contributed by atoms with Gasteiger partial charge in [0.2, 0.25) is 0 Å². The molecule has 0 fully saturated rings. The Labute approximate surface area is 160 Å². The van der Waals surface area contributed by atoms with E-state index in [1.54, 1.807) is 27.7 Å². The Kier molecular flexibility index (Phi) is 5.96. The molecule has 0 saturated heterocycles. The third-order valence-corrected chi connectivity index (χ3v) is 3.43. The summed E-state index contributed by atoms with van der Waals surface area (Å²) in [5, 5.41) is 4.89. The van der Waals surface area contributed by atoms with Gasteiger partial charge < -0.3 is 10.1 Å². The van der Waals surface area contributed by atoms with Crippen molar-refractivity contribution in [3.05, 3.63) is 53.3 Å². The molecule has 0 aliphatic rings. The van der Waals surface area contributed by atoms with Crippen LogP contribution in [0.15, 0.2) is 36.5 Å². The lowest BCUT2D eigenvalue weighted by Crippen LogP contribution is -2.27. The van der Waals surface area contributed by atoms with Crippen LogP contribution in [0, 0.1) is 6.92 Å². The Morgan fingerprint density at radius 1 is 1.07 bits per heavy atom. The van der Waals surface area contributed by atoms with E-state index in [-0.39, 0.29) is 16.9 Å². The van der Waals surface area contributed by atoms with Gasteiger partial charge in [0.15, 0.2) is 0 Å². The summed E-state index contributed by atoms with van der Waals surface area (Å²) in [6.07, 6.45) is -3.97. The van der Waals surface area contributed by atoms with E-state index in [2.05, 4.69) is 15.6 Å². The predicted octanol–water partition coefficient (Wildman–Crippen LogP) is 5.01. The van der Waals surface area contributed by atoms with Crippen LogP contribution in [-0.2, 0) is 10.9 Å². The molecule has 1 aromatic heterocycles. The number of anilines is 2. The zero-order valence-electron chi connectivity index (χ0n) is 15.8. The highest BCUT2D eigenvalue weighted by atomic mass is 19.4. The van der Waals surface area contributed by atoms with E-state index >= 15 is 0 Å². The van der Waals surface area contributed by atoms with Gasteiger partial charge in [-0.15, -0.1) is 0 Å². The fourth-order valence-electron chi connectivity index (χ4n) is 2.17. The van der Waals surface area contributed by atoms with Crippen LogP contribution in [0.5, 0.6) is 0 Å². The standard InChI is InChI=1S/C19H20F3N3O3/c1-11-15(25-17(27)28-18(2,3)4)8-12(10-23-11)16(26)24-14-7-5-6-13(9-14)19(20,21)22/h5-10H,1-4H3,(H,24,26)(H,25,27). The van der Waals surface area contributed by atoms with E-state index in [9.17, 15) is 22.8 Å². The van der Waals surface area contributed by atoms with Crippen LogP contribution in [-0.4, -0.2) is 22.6 Å². The molecule has 1 heterocycles. The molecule has 0 aliphatic heterocycles. The first-order valence-electron chi connectivity index (χ1n) is 8.30. The molecule has 0 aliphatic carbocycles. The van der Waals surface area contributed by atoms with E-state index in [4.69, 9.17) is 4.74 Å². The molecular weight excluding hydrogens is 375 g/mol. The Morgan fingerprint density at radius 3 is 2.36 bits per heavy atom. The number of hydrogen-bond acceptors (Lipinski definition) is 4. The molecule has 0 unspecified atom stereocenters. The maximum absolute atomic E-state index is 12.8. The zero-order valence-corrected chi connectivity index (χ0v) is 15.8. The molecule has 0 atom stereocenters. The van der Waals surface area contributed by atoms with Crippen LogP contribution in [0.4, 0.5) is 29.3 Å². The number of pyridine rings is 1. The smallest absolute Gasteiger partial charge is 0.416 e. The Hall–Kier alpha value is -3.10. The number of aromatic nitrogens is 1. The van der Waals surface area contributed by atoms with E-state index in [1.807, 2.05) is 0 Å². The molecule has 0 radical (unpaired) electrons. The van der Waals surface area contributed by atoms with Crippen LogP contribution in [0.2, 0.25) is 0 Å². The van der Waals surface area contributed by atoms with Crippen molar-refractivity contribution in [2.75, 3.05) is 10.6 Å². The van der Waals surface area contributed by atoms with Gasteiger partial charge in [0, 0.05) is 11.9 Å². The number of nitrogens with zero attached hydrogens (tertiary/aromatic N) is 1. The van der Waals surface area contributed by atoms with E-state index < -0.39 is 29.3 Å². The lowest BCUT2D eigenvalue weighted by molar-refractivity contribution is -0.137. The number of amides is 2. The number of ether oxygens (including phenoxy) is 1. The quantitative estimate of drug-likeness (QED) is 0.766. The second-order valence-electron chi connectivity index (χ2n) is 7.02. The molecule has 2 amide bonds. The fourth-order valence-corrected chi connectivity index (χ4v) is 2.17. The van der Waals surface area contributed by atoms with Gasteiger partial charge in [-0.25, -0.2) is 4.79 Å². The second-order valence-corrected chi connectivity index (χ2v) is 7.02. The monoisotopic (exact) mass is 395 g/mol. The molecule has 0 bridgehead atoms. The lowest BCUT2D eigenvalue weighted by Gasteiger charge is -2.20.